The average molecular weight is 524 g/mol. The summed E-state index contributed by atoms with van der Waals surface area (Å²) in [5, 5.41) is 22.7. The highest BCUT2D eigenvalue weighted by molar-refractivity contribution is 7.89. The minimum Gasteiger partial charge on any atom is -0.372 e. The molecule has 6 N–H and O–H groups in total. The lowest BCUT2D eigenvalue weighted by Gasteiger charge is -2.26. The van der Waals surface area contributed by atoms with Crippen molar-refractivity contribution < 1.29 is 18.4 Å². The van der Waals surface area contributed by atoms with Crippen molar-refractivity contribution in [2.75, 3.05) is 10.6 Å². The lowest BCUT2D eigenvalue weighted by molar-refractivity contribution is -0.119. The van der Waals surface area contributed by atoms with Gasteiger partial charge in [0.1, 0.15) is 11.4 Å². The molecule has 0 aliphatic rings. The van der Waals surface area contributed by atoms with Crippen molar-refractivity contribution in [2.45, 2.75) is 50.6 Å². The molecular weight excluding hydrogens is 490 g/mol. The maximum atomic E-state index is 13.0. The molecule has 0 aliphatic carbocycles. The fraction of sp³-hybridized carbons (Fsp3) is 0.259. The summed E-state index contributed by atoms with van der Waals surface area (Å²) >= 11 is 0. The third-order valence-corrected chi connectivity index (χ3v) is 7.17. The monoisotopic (exact) mass is 523 g/mol. The number of rotatable bonds is 8. The van der Waals surface area contributed by atoms with Gasteiger partial charge in [-0.15, -0.1) is 0 Å². The number of benzene rings is 3. The zero-order valence-corrected chi connectivity index (χ0v) is 22.3. The van der Waals surface area contributed by atoms with Gasteiger partial charge >= 0.3 is 0 Å². The van der Waals surface area contributed by atoms with Crippen molar-refractivity contribution in [1.29, 1.82) is 5.41 Å². The van der Waals surface area contributed by atoms with Crippen LogP contribution in [0.15, 0.2) is 77.7 Å². The van der Waals surface area contributed by atoms with Gasteiger partial charge in [0.15, 0.2) is 0 Å². The number of amides is 1. The van der Waals surface area contributed by atoms with E-state index in [1.54, 1.807) is 113 Å². The van der Waals surface area contributed by atoms with Crippen LogP contribution >= 0.6 is 0 Å². The van der Waals surface area contributed by atoms with Gasteiger partial charge < -0.3 is 10.6 Å². The highest BCUT2D eigenvalue weighted by Crippen LogP contribution is 2.29. The van der Waals surface area contributed by atoms with E-state index in [0.29, 0.717) is 28.1 Å². The van der Waals surface area contributed by atoms with Crippen molar-refractivity contribution in [1.82, 2.24) is 10.2 Å². The molecule has 0 saturated heterocycles. The maximum absolute atomic E-state index is 13.0. The minimum absolute atomic E-state index is 0.158. The SMILES string of the molecule is CC(C)(C)NS(=O)(=O)c1ccccc1-c1ccc(NC(=O)C(C)(C)Nc2cccc(C(=N)NO)c2)cc1. The van der Waals surface area contributed by atoms with Gasteiger partial charge in [0.05, 0.1) is 4.90 Å². The Morgan fingerprint density at radius 3 is 2.14 bits per heavy atom. The van der Waals surface area contributed by atoms with E-state index in [-0.39, 0.29) is 16.6 Å². The number of anilines is 2. The molecule has 1 amide bonds. The second-order valence-electron chi connectivity index (χ2n) is 10.2. The molecule has 0 aliphatic heterocycles. The fourth-order valence-electron chi connectivity index (χ4n) is 3.65. The first-order chi connectivity index (χ1) is 17.2. The van der Waals surface area contributed by atoms with Crippen LogP contribution in [0.2, 0.25) is 0 Å². The molecule has 9 nitrogen and oxygen atoms in total. The Balaban J connectivity index is 1.77. The van der Waals surface area contributed by atoms with Gasteiger partial charge in [0.2, 0.25) is 15.9 Å². The highest BCUT2D eigenvalue weighted by atomic mass is 32.2. The molecule has 3 aromatic carbocycles. The maximum Gasteiger partial charge on any atom is 0.249 e. The van der Waals surface area contributed by atoms with Crippen molar-refractivity contribution in [3.05, 3.63) is 78.4 Å². The Morgan fingerprint density at radius 1 is 0.865 bits per heavy atom. The number of nitrogens with one attached hydrogen (secondary N) is 5. The lowest BCUT2D eigenvalue weighted by Crippen LogP contribution is -2.44. The standard InChI is InChI=1S/C27H33N5O4S/c1-26(2,3)32-37(35,36)23-12-7-6-11-22(23)18-13-15-20(16-14-18)29-25(33)27(4,5)30-21-10-8-9-19(17-21)24(28)31-34/h6-17,30,32,34H,1-5H3,(H2,28,31)(H,29,33). The molecule has 0 atom stereocenters. The Hall–Kier alpha value is -3.73. The summed E-state index contributed by atoms with van der Waals surface area (Å²) in [6.45, 7) is 8.81. The van der Waals surface area contributed by atoms with Gasteiger partial charge in [0, 0.05) is 28.0 Å². The quantitative estimate of drug-likeness (QED) is 0.145. The number of sulfonamides is 1. The molecular formula is C27H33N5O4S. The third-order valence-electron chi connectivity index (χ3n) is 5.36. The van der Waals surface area contributed by atoms with Crippen molar-refractivity contribution in [2.24, 2.45) is 0 Å². The Morgan fingerprint density at radius 2 is 1.51 bits per heavy atom. The zero-order valence-electron chi connectivity index (χ0n) is 21.5. The normalized spacial score (nSPS) is 12.1. The smallest absolute Gasteiger partial charge is 0.249 e. The largest absolute Gasteiger partial charge is 0.372 e. The first-order valence-electron chi connectivity index (χ1n) is 11.6. The van der Waals surface area contributed by atoms with Gasteiger partial charge in [-0.25, -0.2) is 13.1 Å². The molecule has 3 aromatic rings. The molecule has 196 valence electrons. The van der Waals surface area contributed by atoms with E-state index in [0.717, 1.165) is 0 Å². The predicted molar refractivity (Wildman–Crippen MR) is 146 cm³/mol. The van der Waals surface area contributed by atoms with E-state index >= 15 is 0 Å². The van der Waals surface area contributed by atoms with Crippen LogP contribution in [0.3, 0.4) is 0 Å². The summed E-state index contributed by atoms with van der Waals surface area (Å²) in [5.41, 5.74) is 3.04. The first-order valence-corrected chi connectivity index (χ1v) is 13.1. The van der Waals surface area contributed by atoms with Gasteiger partial charge in [-0.3, -0.25) is 20.9 Å². The highest BCUT2D eigenvalue weighted by Gasteiger charge is 2.28. The van der Waals surface area contributed by atoms with Crippen LogP contribution in [0.5, 0.6) is 0 Å². The molecule has 0 bridgehead atoms. The van der Waals surface area contributed by atoms with E-state index in [1.807, 2.05) is 0 Å². The van der Waals surface area contributed by atoms with E-state index in [4.69, 9.17) is 10.6 Å². The van der Waals surface area contributed by atoms with Gasteiger partial charge in [-0.05, 0) is 70.5 Å². The third kappa shape index (κ3) is 7.16. The van der Waals surface area contributed by atoms with E-state index in [9.17, 15) is 13.2 Å². The van der Waals surface area contributed by atoms with Crippen LogP contribution in [-0.2, 0) is 14.8 Å². The number of hydroxylamine groups is 1. The summed E-state index contributed by atoms with van der Waals surface area (Å²) in [4.78, 5) is 13.2. The van der Waals surface area contributed by atoms with Crippen LogP contribution in [0.1, 0.15) is 40.2 Å². The summed E-state index contributed by atoms with van der Waals surface area (Å²) in [6.07, 6.45) is 0. The Bertz CT molecular complexity index is 1390. The topological polar surface area (TPSA) is 143 Å². The molecule has 37 heavy (non-hydrogen) atoms. The van der Waals surface area contributed by atoms with Crippen molar-refractivity contribution in [3.8, 4) is 11.1 Å². The molecule has 3 rings (SSSR count). The molecule has 0 unspecified atom stereocenters. The molecule has 0 aromatic heterocycles. The van der Waals surface area contributed by atoms with Crippen molar-refractivity contribution in [3.63, 3.8) is 0 Å². The zero-order chi connectivity index (χ0) is 27.4. The van der Waals surface area contributed by atoms with Crippen LogP contribution < -0.4 is 20.8 Å². The Labute approximate surface area is 217 Å². The van der Waals surface area contributed by atoms with Crippen molar-refractivity contribution >= 4 is 33.1 Å². The van der Waals surface area contributed by atoms with Gasteiger partial charge in [0.25, 0.3) is 0 Å². The predicted octanol–water partition coefficient (Wildman–Crippen LogP) is 4.56. The summed E-state index contributed by atoms with van der Waals surface area (Å²) < 4.78 is 28.7. The number of amidine groups is 1. The molecule has 10 heteroatoms. The summed E-state index contributed by atoms with van der Waals surface area (Å²) in [6, 6.07) is 20.5. The second kappa shape index (κ2) is 10.7. The number of hydrogen-bond donors (Lipinski definition) is 6. The number of carbonyl (C=O) groups excluding carboxylic acids is 1. The summed E-state index contributed by atoms with van der Waals surface area (Å²) in [7, 11) is -3.74. The lowest BCUT2D eigenvalue weighted by atomic mass is 10.0. The van der Waals surface area contributed by atoms with E-state index in [1.165, 1.54) is 0 Å². The molecule has 0 fully saturated rings. The number of hydrogen-bond acceptors (Lipinski definition) is 6. The fourth-order valence-corrected chi connectivity index (χ4v) is 5.30. The van der Waals surface area contributed by atoms with Crippen LogP contribution in [0.25, 0.3) is 11.1 Å². The molecule has 0 saturated carbocycles. The number of carbonyl (C=O) groups is 1. The van der Waals surface area contributed by atoms with E-state index < -0.39 is 21.1 Å². The Kier molecular flexibility index (Phi) is 8.06. The summed E-state index contributed by atoms with van der Waals surface area (Å²) in [5.74, 6) is -0.451. The van der Waals surface area contributed by atoms with Crippen LogP contribution in [-0.4, -0.2) is 36.4 Å². The van der Waals surface area contributed by atoms with Crippen LogP contribution in [0, 0.1) is 5.41 Å². The molecule has 0 heterocycles. The van der Waals surface area contributed by atoms with Crippen LogP contribution in [0.4, 0.5) is 11.4 Å². The second-order valence-corrected chi connectivity index (χ2v) is 11.9. The van der Waals surface area contributed by atoms with Gasteiger partial charge in [-0.1, -0.05) is 42.5 Å². The minimum atomic E-state index is -3.74. The molecule has 0 spiro atoms. The average Bonchev–Trinajstić information content (AvgIpc) is 2.82. The van der Waals surface area contributed by atoms with Gasteiger partial charge in [-0.2, -0.15) is 0 Å². The van der Waals surface area contributed by atoms with E-state index in [2.05, 4.69) is 15.4 Å². The molecule has 0 radical (unpaired) electrons. The first kappa shape index (κ1) is 27.9.